The van der Waals surface area contributed by atoms with Crippen LogP contribution in [0, 0.1) is 5.82 Å². The van der Waals surface area contributed by atoms with Crippen LogP contribution in [0.3, 0.4) is 0 Å². The molecular weight excluding hydrogens is 198 g/mol. The molecule has 0 spiro atoms. The van der Waals surface area contributed by atoms with Gasteiger partial charge in [0.1, 0.15) is 11.5 Å². The fraction of sp³-hybridized carbons (Fsp3) is 0.167. The summed E-state index contributed by atoms with van der Waals surface area (Å²) < 4.78 is 47.9. The molecule has 1 aromatic heterocycles. The van der Waals surface area contributed by atoms with Crippen molar-refractivity contribution in [2.24, 2.45) is 0 Å². The van der Waals surface area contributed by atoms with E-state index >= 15 is 0 Å². The van der Waals surface area contributed by atoms with Crippen LogP contribution in [-0.2, 0) is 6.18 Å². The van der Waals surface area contributed by atoms with Gasteiger partial charge in [0.25, 0.3) is 0 Å². The summed E-state index contributed by atoms with van der Waals surface area (Å²) in [5.41, 5.74) is -1.29. The van der Waals surface area contributed by atoms with Crippen LogP contribution in [0.4, 0.5) is 17.6 Å². The Hall–Kier alpha value is -0.840. The second kappa shape index (κ2) is 2.90. The number of hydrogen-bond donors (Lipinski definition) is 0. The highest BCUT2D eigenvalue weighted by molar-refractivity contribution is 6.30. The van der Waals surface area contributed by atoms with Gasteiger partial charge in [0.15, 0.2) is 0 Å². The van der Waals surface area contributed by atoms with E-state index < -0.39 is 22.7 Å². The summed E-state index contributed by atoms with van der Waals surface area (Å²) in [5, 5.41) is -0.428. The summed E-state index contributed by atoms with van der Waals surface area (Å²) in [7, 11) is 0. The van der Waals surface area contributed by atoms with Gasteiger partial charge in [-0.25, -0.2) is 4.39 Å². The van der Waals surface area contributed by atoms with Crippen molar-refractivity contribution in [3.8, 4) is 0 Å². The number of rotatable bonds is 0. The van der Waals surface area contributed by atoms with Crippen LogP contribution in [0.2, 0.25) is 5.02 Å². The number of aromatic nitrogens is 1. The Morgan fingerprint density at radius 2 is 1.92 bits per heavy atom. The second-order valence-corrected chi connectivity index (χ2v) is 2.39. The highest BCUT2D eigenvalue weighted by atomic mass is 35.5. The first-order chi connectivity index (χ1) is 5.41. The minimum Gasteiger partial charge on any atom is -0.250 e. The molecule has 0 aliphatic carbocycles. The topological polar surface area (TPSA) is 12.9 Å². The molecule has 1 rings (SSSR count). The van der Waals surface area contributed by atoms with Gasteiger partial charge in [0, 0.05) is 12.3 Å². The molecule has 1 heterocycles. The lowest BCUT2D eigenvalue weighted by Gasteiger charge is -2.04. The molecule has 0 fully saturated rings. The molecule has 0 aromatic carbocycles. The second-order valence-electron chi connectivity index (χ2n) is 1.98. The van der Waals surface area contributed by atoms with E-state index in [1.165, 1.54) is 0 Å². The first-order valence-electron chi connectivity index (χ1n) is 2.79. The van der Waals surface area contributed by atoms with Crippen molar-refractivity contribution in [2.75, 3.05) is 0 Å². The Kier molecular flexibility index (Phi) is 2.23. The lowest BCUT2D eigenvalue weighted by molar-refractivity contribution is -0.141. The largest absolute Gasteiger partial charge is 0.433 e. The molecule has 0 aliphatic rings. The van der Waals surface area contributed by atoms with Gasteiger partial charge in [-0.2, -0.15) is 13.2 Å². The molecule has 0 bridgehead atoms. The van der Waals surface area contributed by atoms with E-state index in [-0.39, 0.29) is 6.07 Å². The van der Waals surface area contributed by atoms with E-state index in [4.69, 9.17) is 11.6 Å². The summed E-state index contributed by atoms with van der Waals surface area (Å²) in [4.78, 5) is 2.91. The number of alkyl halides is 3. The summed E-state index contributed by atoms with van der Waals surface area (Å²) in [6, 6.07) is 0.252. The van der Waals surface area contributed by atoms with Crippen LogP contribution >= 0.6 is 11.6 Å². The van der Waals surface area contributed by atoms with E-state index in [1.807, 2.05) is 0 Å². The highest BCUT2D eigenvalue weighted by Gasteiger charge is 2.33. The molecule has 0 saturated carbocycles. The van der Waals surface area contributed by atoms with Crippen molar-refractivity contribution in [2.45, 2.75) is 6.18 Å². The lowest BCUT2D eigenvalue weighted by atomic mass is 10.3. The van der Waals surface area contributed by atoms with Gasteiger partial charge in [0.2, 0.25) is 0 Å². The summed E-state index contributed by atoms with van der Waals surface area (Å²) in [6.07, 6.45) is -4.01. The Morgan fingerprint density at radius 1 is 1.33 bits per heavy atom. The van der Waals surface area contributed by atoms with Crippen molar-refractivity contribution in [3.63, 3.8) is 0 Å². The third-order valence-electron chi connectivity index (χ3n) is 1.10. The van der Waals surface area contributed by atoms with E-state index in [0.29, 0.717) is 6.20 Å². The van der Waals surface area contributed by atoms with Crippen LogP contribution in [0.15, 0.2) is 12.3 Å². The Morgan fingerprint density at radius 3 is 2.33 bits per heavy atom. The fourth-order valence-electron chi connectivity index (χ4n) is 0.569. The maximum Gasteiger partial charge on any atom is 0.433 e. The zero-order valence-corrected chi connectivity index (χ0v) is 6.25. The number of hydrogen-bond acceptors (Lipinski definition) is 1. The molecule has 12 heavy (non-hydrogen) atoms. The van der Waals surface area contributed by atoms with Crippen LogP contribution in [0.25, 0.3) is 0 Å². The molecule has 0 unspecified atom stereocenters. The van der Waals surface area contributed by atoms with E-state index in [1.54, 1.807) is 0 Å². The van der Waals surface area contributed by atoms with Crippen molar-refractivity contribution >= 4 is 11.6 Å². The van der Waals surface area contributed by atoms with Gasteiger partial charge in [0.05, 0.1) is 5.02 Å². The molecule has 0 saturated heterocycles. The molecule has 0 amide bonds. The number of pyridine rings is 1. The van der Waals surface area contributed by atoms with Gasteiger partial charge in [-0.3, -0.25) is 4.98 Å². The van der Waals surface area contributed by atoms with Gasteiger partial charge < -0.3 is 0 Å². The molecular formula is C6H2ClF4N. The highest BCUT2D eigenvalue weighted by Crippen LogP contribution is 2.28. The third-order valence-corrected chi connectivity index (χ3v) is 1.38. The number of nitrogens with zero attached hydrogens (tertiary/aromatic N) is 1. The Balaban J connectivity index is 3.14. The molecule has 0 atom stereocenters. The van der Waals surface area contributed by atoms with Gasteiger partial charge >= 0.3 is 6.18 Å². The van der Waals surface area contributed by atoms with Crippen molar-refractivity contribution in [1.29, 1.82) is 0 Å². The monoisotopic (exact) mass is 199 g/mol. The Labute approximate surface area is 70.0 Å². The van der Waals surface area contributed by atoms with Crippen LogP contribution in [-0.4, -0.2) is 4.98 Å². The smallest absolute Gasteiger partial charge is 0.250 e. The summed E-state index contributed by atoms with van der Waals surface area (Å²) in [5.74, 6) is -1.13. The van der Waals surface area contributed by atoms with Crippen LogP contribution < -0.4 is 0 Å². The summed E-state index contributed by atoms with van der Waals surface area (Å²) in [6.45, 7) is 0. The molecule has 0 radical (unpaired) electrons. The molecule has 0 aliphatic heterocycles. The molecule has 66 valence electrons. The minimum absolute atomic E-state index is 0.252. The van der Waals surface area contributed by atoms with Crippen molar-refractivity contribution in [3.05, 3.63) is 28.8 Å². The number of halogens is 5. The maximum absolute atomic E-state index is 12.4. The van der Waals surface area contributed by atoms with E-state index in [0.717, 1.165) is 0 Å². The van der Waals surface area contributed by atoms with E-state index in [9.17, 15) is 17.6 Å². The molecule has 6 heteroatoms. The van der Waals surface area contributed by atoms with Gasteiger partial charge in [-0.15, -0.1) is 0 Å². The average Bonchev–Trinajstić information content (AvgIpc) is 1.92. The van der Waals surface area contributed by atoms with Gasteiger partial charge in [-0.05, 0) is 0 Å². The standard InChI is InChI=1S/C6H2ClF4N/c7-3-2-12-5(1-4(3)8)6(9,10)11/h1-2H. The summed E-state index contributed by atoms with van der Waals surface area (Å²) >= 11 is 5.13. The first-order valence-corrected chi connectivity index (χ1v) is 3.17. The molecule has 1 nitrogen and oxygen atoms in total. The van der Waals surface area contributed by atoms with Crippen molar-refractivity contribution in [1.82, 2.24) is 4.98 Å². The quantitative estimate of drug-likeness (QED) is 0.586. The molecule has 1 aromatic rings. The minimum atomic E-state index is -4.63. The van der Waals surface area contributed by atoms with E-state index in [2.05, 4.69) is 4.98 Å². The first kappa shape index (κ1) is 9.25. The predicted molar refractivity (Wildman–Crippen MR) is 34.2 cm³/mol. The lowest BCUT2D eigenvalue weighted by Crippen LogP contribution is -2.08. The normalized spacial score (nSPS) is 11.8. The van der Waals surface area contributed by atoms with Crippen molar-refractivity contribution < 1.29 is 17.6 Å². The SMILES string of the molecule is Fc1cc(C(F)(F)F)ncc1Cl. The Bertz CT molecular complexity index is 296. The van der Waals surface area contributed by atoms with Gasteiger partial charge in [-0.1, -0.05) is 11.6 Å². The third kappa shape index (κ3) is 1.85. The zero-order valence-electron chi connectivity index (χ0n) is 5.49. The molecule has 0 N–H and O–H groups in total. The maximum atomic E-state index is 12.4. The average molecular weight is 200 g/mol. The van der Waals surface area contributed by atoms with Crippen LogP contribution in [0.1, 0.15) is 5.69 Å². The van der Waals surface area contributed by atoms with Crippen LogP contribution in [0.5, 0.6) is 0 Å². The zero-order chi connectivity index (χ0) is 9.35. The fourth-order valence-corrected chi connectivity index (χ4v) is 0.672. The predicted octanol–water partition coefficient (Wildman–Crippen LogP) is 2.89.